The molecular weight excluding hydrogens is 324 g/mol. The van der Waals surface area contributed by atoms with E-state index in [2.05, 4.69) is 10.1 Å². The minimum absolute atomic E-state index is 0.272. The third kappa shape index (κ3) is 3.32. The van der Waals surface area contributed by atoms with Gasteiger partial charge in [0.05, 0.1) is 16.8 Å². The highest BCUT2D eigenvalue weighted by atomic mass is 32.1. The Bertz CT molecular complexity index is 907. The van der Waals surface area contributed by atoms with Gasteiger partial charge in [0, 0.05) is 25.9 Å². The molecule has 0 N–H and O–H groups in total. The van der Waals surface area contributed by atoms with E-state index in [0.717, 1.165) is 10.2 Å². The van der Waals surface area contributed by atoms with Crippen LogP contribution in [0.15, 0.2) is 41.5 Å². The number of amides is 1. The molecule has 1 aromatic carbocycles. The molecule has 0 saturated carbocycles. The standard InChI is InChI=1S/C17H20N4O2S/c1-3-21-14(9-10-18-21)16(22)19-17-20(11-12-23-4-2)13-7-5-6-8-15(13)24-17/h5-10H,3-4,11-12H2,1-2H3. The number of hydrogen-bond acceptors (Lipinski definition) is 4. The van der Waals surface area contributed by atoms with E-state index >= 15 is 0 Å². The predicted octanol–water partition coefficient (Wildman–Crippen LogP) is 2.70. The molecule has 0 spiro atoms. The van der Waals surface area contributed by atoms with Crippen LogP contribution in [0.3, 0.4) is 0 Å². The van der Waals surface area contributed by atoms with Gasteiger partial charge in [-0.25, -0.2) is 0 Å². The maximum Gasteiger partial charge on any atom is 0.297 e. The third-order valence-electron chi connectivity index (χ3n) is 3.68. The molecule has 7 heteroatoms. The number of fused-ring (bicyclic) bond motifs is 1. The van der Waals surface area contributed by atoms with Gasteiger partial charge in [-0.05, 0) is 32.0 Å². The van der Waals surface area contributed by atoms with E-state index in [9.17, 15) is 4.79 Å². The summed E-state index contributed by atoms with van der Waals surface area (Å²) in [5.74, 6) is -0.272. The fourth-order valence-electron chi connectivity index (χ4n) is 2.53. The maximum atomic E-state index is 12.5. The number of carbonyl (C=O) groups is 1. The summed E-state index contributed by atoms with van der Waals surface area (Å²) >= 11 is 1.51. The molecule has 0 radical (unpaired) electrons. The summed E-state index contributed by atoms with van der Waals surface area (Å²) in [4.78, 5) is 17.6. The summed E-state index contributed by atoms with van der Waals surface area (Å²) in [5, 5.41) is 4.14. The largest absolute Gasteiger partial charge is 0.380 e. The first-order valence-corrected chi connectivity index (χ1v) is 8.83. The topological polar surface area (TPSA) is 61.4 Å². The number of aryl methyl sites for hydroxylation is 1. The molecule has 0 unspecified atom stereocenters. The van der Waals surface area contributed by atoms with E-state index in [4.69, 9.17) is 4.74 Å². The first-order chi connectivity index (χ1) is 11.7. The second-order valence-electron chi connectivity index (χ2n) is 5.15. The number of benzene rings is 1. The van der Waals surface area contributed by atoms with Gasteiger partial charge in [0.15, 0.2) is 4.80 Å². The summed E-state index contributed by atoms with van der Waals surface area (Å²) in [5.41, 5.74) is 1.57. The van der Waals surface area contributed by atoms with E-state index in [0.29, 0.717) is 36.8 Å². The summed E-state index contributed by atoms with van der Waals surface area (Å²) < 4.78 is 10.3. The monoisotopic (exact) mass is 344 g/mol. The number of thiazole rings is 1. The first-order valence-electron chi connectivity index (χ1n) is 8.01. The van der Waals surface area contributed by atoms with Crippen molar-refractivity contribution in [3.8, 4) is 0 Å². The predicted molar refractivity (Wildman–Crippen MR) is 94.1 cm³/mol. The molecular formula is C17H20N4O2S. The van der Waals surface area contributed by atoms with Gasteiger partial charge < -0.3 is 9.30 Å². The molecule has 0 atom stereocenters. The van der Waals surface area contributed by atoms with Crippen molar-refractivity contribution in [1.82, 2.24) is 14.3 Å². The van der Waals surface area contributed by atoms with Crippen molar-refractivity contribution < 1.29 is 9.53 Å². The second-order valence-corrected chi connectivity index (χ2v) is 6.16. The van der Waals surface area contributed by atoms with Crippen LogP contribution in [0, 0.1) is 0 Å². The molecule has 0 aliphatic heterocycles. The fourth-order valence-corrected chi connectivity index (χ4v) is 3.59. The number of rotatable bonds is 6. The van der Waals surface area contributed by atoms with Gasteiger partial charge in [-0.15, -0.1) is 0 Å². The first kappa shape index (κ1) is 16.6. The van der Waals surface area contributed by atoms with Crippen LogP contribution in [-0.4, -0.2) is 33.5 Å². The van der Waals surface area contributed by atoms with Gasteiger partial charge in [-0.1, -0.05) is 23.5 Å². The third-order valence-corrected chi connectivity index (χ3v) is 4.74. The number of aromatic nitrogens is 3. The highest BCUT2D eigenvalue weighted by molar-refractivity contribution is 7.16. The molecule has 3 rings (SSSR count). The molecule has 0 aliphatic rings. The fraction of sp³-hybridized carbons (Fsp3) is 0.353. The number of hydrogen-bond donors (Lipinski definition) is 0. The Kier molecular flexibility index (Phi) is 5.22. The Morgan fingerprint density at radius 2 is 2.12 bits per heavy atom. The lowest BCUT2D eigenvalue weighted by Crippen LogP contribution is -2.20. The van der Waals surface area contributed by atoms with Crippen LogP contribution < -0.4 is 4.80 Å². The lowest BCUT2D eigenvalue weighted by atomic mass is 10.3. The quantitative estimate of drug-likeness (QED) is 0.646. The summed E-state index contributed by atoms with van der Waals surface area (Å²) in [6.07, 6.45) is 1.63. The average Bonchev–Trinajstić information content (AvgIpc) is 3.20. The van der Waals surface area contributed by atoms with Crippen molar-refractivity contribution in [2.75, 3.05) is 13.2 Å². The molecule has 126 valence electrons. The molecule has 0 bridgehead atoms. The van der Waals surface area contributed by atoms with Crippen molar-refractivity contribution in [3.05, 3.63) is 47.0 Å². The number of ether oxygens (including phenoxy) is 1. The molecule has 1 amide bonds. The average molecular weight is 344 g/mol. The lowest BCUT2D eigenvalue weighted by Gasteiger charge is -2.05. The van der Waals surface area contributed by atoms with Crippen LogP contribution in [0.2, 0.25) is 0 Å². The van der Waals surface area contributed by atoms with E-state index in [-0.39, 0.29) is 5.91 Å². The van der Waals surface area contributed by atoms with Crippen LogP contribution in [-0.2, 0) is 17.8 Å². The minimum atomic E-state index is -0.272. The van der Waals surface area contributed by atoms with Crippen LogP contribution >= 0.6 is 11.3 Å². The smallest absolute Gasteiger partial charge is 0.297 e. The zero-order chi connectivity index (χ0) is 16.9. The Hall–Kier alpha value is -2.25. The van der Waals surface area contributed by atoms with Gasteiger partial charge in [0.2, 0.25) is 0 Å². The van der Waals surface area contributed by atoms with Gasteiger partial charge in [0.25, 0.3) is 5.91 Å². The minimum Gasteiger partial charge on any atom is -0.380 e. The second kappa shape index (κ2) is 7.55. The zero-order valence-electron chi connectivity index (χ0n) is 13.8. The van der Waals surface area contributed by atoms with Crippen molar-refractivity contribution in [2.45, 2.75) is 26.9 Å². The summed E-state index contributed by atoms with van der Waals surface area (Å²) in [6.45, 7) is 6.48. The molecule has 2 aromatic heterocycles. The zero-order valence-corrected chi connectivity index (χ0v) is 14.6. The molecule has 2 heterocycles. The Morgan fingerprint density at radius 1 is 1.29 bits per heavy atom. The highest BCUT2D eigenvalue weighted by Gasteiger charge is 2.12. The van der Waals surface area contributed by atoms with Crippen LogP contribution in [0.25, 0.3) is 10.2 Å². The Balaban J connectivity index is 2.04. The number of para-hydroxylation sites is 1. The van der Waals surface area contributed by atoms with Crippen LogP contribution in [0.1, 0.15) is 24.3 Å². The highest BCUT2D eigenvalue weighted by Crippen LogP contribution is 2.16. The lowest BCUT2D eigenvalue weighted by molar-refractivity contribution is 0.0986. The van der Waals surface area contributed by atoms with Gasteiger partial charge >= 0.3 is 0 Å². The van der Waals surface area contributed by atoms with E-state index in [1.165, 1.54) is 11.3 Å². The van der Waals surface area contributed by atoms with E-state index in [1.54, 1.807) is 16.9 Å². The molecule has 6 nitrogen and oxygen atoms in total. The molecule has 0 saturated heterocycles. The number of carbonyl (C=O) groups excluding carboxylic acids is 1. The number of nitrogens with zero attached hydrogens (tertiary/aromatic N) is 4. The van der Waals surface area contributed by atoms with Crippen molar-refractivity contribution in [1.29, 1.82) is 0 Å². The van der Waals surface area contributed by atoms with Crippen molar-refractivity contribution in [3.63, 3.8) is 0 Å². The summed E-state index contributed by atoms with van der Waals surface area (Å²) in [7, 11) is 0. The Morgan fingerprint density at radius 3 is 2.92 bits per heavy atom. The van der Waals surface area contributed by atoms with Crippen LogP contribution in [0.5, 0.6) is 0 Å². The molecule has 0 fully saturated rings. The molecule has 24 heavy (non-hydrogen) atoms. The Labute approximate surface area is 144 Å². The van der Waals surface area contributed by atoms with Crippen LogP contribution in [0.4, 0.5) is 0 Å². The van der Waals surface area contributed by atoms with Gasteiger partial charge in [0.1, 0.15) is 5.69 Å². The van der Waals surface area contributed by atoms with Gasteiger partial charge in [-0.2, -0.15) is 10.1 Å². The van der Waals surface area contributed by atoms with E-state index in [1.807, 2.05) is 42.7 Å². The summed E-state index contributed by atoms with van der Waals surface area (Å²) in [6, 6.07) is 9.76. The van der Waals surface area contributed by atoms with Gasteiger partial charge in [-0.3, -0.25) is 9.48 Å². The van der Waals surface area contributed by atoms with E-state index < -0.39 is 0 Å². The molecule has 3 aromatic rings. The van der Waals surface area contributed by atoms with Crippen molar-refractivity contribution >= 4 is 27.5 Å². The maximum absolute atomic E-state index is 12.5. The van der Waals surface area contributed by atoms with Crippen molar-refractivity contribution in [2.24, 2.45) is 4.99 Å². The SMILES string of the molecule is CCOCCn1c(=NC(=O)c2ccnn2CC)sc2ccccc21. The normalized spacial score (nSPS) is 12.2. The molecule has 0 aliphatic carbocycles.